The molecule has 4 N–H and O–H groups in total. The van der Waals surface area contributed by atoms with E-state index >= 15 is 0 Å². The van der Waals surface area contributed by atoms with E-state index in [2.05, 4.69) is 16.6 Å². The molecule has 4 amide bonds. The van der Waals surface area contributed by atoms with Gasteiger partial charge in [0.2, 0.25) is 11.8 Å². The van der Waals surface area contributed by atoms with Gasteiger partial charge in [-0.25, -0.2) is 4.79 Å². The van der Waals surface area contributed by atoms with Crippen LogP contribution in [0.5, 0.6) is 0 Å². The molecule has 2 aromatic carbocycles. The fourth-order valence-electron chi connectivity index (χ4n) is 3.99. The van der Waals surface area contributed by atoms with Crippen molar-refractivity contribution in [3.05, 3.63) is 59.7 Å². The molecule has 190 valence electrons. The molecule has 1 unspecified atom stereocenters. The maximum Gasteiger partial charge on any atom is 0.333 e. The zero-order chi connectivity index (χ0) is 26.3. The molecule has 2 aromatic rings. The first-order chi connectivity index (χ1) is 17.2. The number of anilines is 2. The molecule has 0 aromatic heterocycles. The van der Waals surface area contributed by atoms with Crippen LogP contribution in [-0.2, 0) is 28.7 Å². The number of terminal acetylenes is 1. The van der Waals surface area contributed by atoms with Gasteiger partial charge in [0, 0.05) is 44.1 Å². The van der Waals surface area contributed by atoms with Crippen LogP contribution >= 0.6 is 7.60 Å². The number of urea groups is 1. The molecular formula is C25H29N4O6P. The van der Waals surface area contributed by atoms with E-state index in [1.165, 1.54) is 14.2 Å². The van der Waals surface area contributed by atoms with E-state index in [4.69, 9.17) is 21.2 Å². The summed E-state index contributed by atoms with van der Waals surface area (Å²) in [6, 6.07) is 12.1. The number of carbonyl (C=O) groups excluding carboxylic acids is 3. The number of benzene rings is 2. The molecule has 0 aliphatic carbocycles. The Morgan fingerprint density at radius 1 is 1.11 bits per heavy atom. The third kappa shape index (κ3) is 5.94. The van der Waals surface area contributed by atoms with E-state index in [1.54, 1.807) is 53.4 Å². The summed E-state index contributed by atoms with van der Waals surface area (Å²) in [5.74, 6) is 1.51. The molecule has 0 spiro atoms. The summed E-state index contributed by atoms with van der Waals surface area (Å²) in [5, 5.41) is 5.19. The molecule has 36 heavy (non-hydrogen) atoms. The summed E-state index contributed by atoms with van der Waals surface area (Å²) in [7, 11) is -1.50. The molecule has 1 aliphatic rings. The number of nitrogens with two attached hydrogens (primary N) is 1. The Morgan fingerprint density at radius 3 is 2.28 bits per heavy atom. The van der Waals surface area contributed by atoms with Gasteiger partial charge in [0.05, 0.1) is 6.16 Å². The zero-order valence-electron chi connectivity index (χ0n) is 20.2. The Kier molecular flexibility index (Phi) is 8.53. The lowest BCUT2D eigenvalue weighted by Gasteiger charge is -2.34. The quantitative estimate of drug-likeness (QED) is 0.348. The number of primary amides is 1. The summed E-state index contributed by atoms with van der Waals surface area (Å²) < 4.78 is 23.2. The summed E-state index contributed by atoms with van der Waals surface area (Å²) in [6.45, 7) is 0.584. The van der Waals surface area contributed by atoms with Gasteiger partial charge in [-0.1, -0.05) is 18.1 Å². The molecule has 3 rings (SSSR count). The number of piperidine rings is 1. The molecule has 11 heteroatoms. The minimum absolute atomic E-state index is 0.00629. The Morgan fingerprint density at radius 2 is 1.75 bits per heavy atom. The van der Waals surface area contributed by atoms with Gasteiger partial charge in [-0.05, 0) is 54.8 Å². The summed E-state index contributed by atoms with van der Waals surface area (Å²) in [4.78, 5) is 39.9. The smallest absolute Gasteiger partial charge is 0.333 e. The number of nitrogens with one attached hydrogen (secondary N) is 2. The standard InChI is InChI=1S/C25H29N4O6P/c1-4-18-8-12-20(13-9-18)27-24(32)28-25(23(26)31,17-36(33,34-2)35-3)19-10-14-21(15-11-19)29-16-6-5-7-22(29)30/h1,8-15H,5-7,16-17H2,2-3H3,(H2,26,31)(H2,27,28,32). The normalized spacial score (nSPS) is 15.5. The number of hydrogen-bond donors (Lipinski definition) is 3. The predicted molar refractivity (Wildman–Crippen MR) is 137 cm³/mol. The molecule has 0 radical (unpaired) electrons. The average Bonchev–Trinajstić information content (AvgIpc) is 2.89. The maximum atomic E-state index is 13.1. The SMILES string of the molecule is C#Cc1ccc(NC(=O)NC(CP(=O)(OC)OC)(C(N)=O)c2ccc(N3CCCCC3=O)cc2)cc1. The number of carbonyl (C=O) groups is 3. The van der Waals surface area contributed by atoms with Crippen LogP contribution in [-0.4, -0.2) is 44.8 Å². The van der Waals surface area contributed by atoms with Crippen molar-refractivity contribution in [2.24, 2.45) is 5.73 Å². The van der Waals surface area contributed by atoms with Crippen molar-refractivity contribution in [1.82, 2.24) is 5.32 Å². The van der Waals surface area contributed by atoms with E-state index in [0.717, 1.165) is 12.8 Å². The minimum Gasteiger partial charge on any atom is -0.367 e. The Balaban J connectivity index is 1.97. The lowest BCUT2D eigenvalue weighted by Crippen LogP contribution is -2.58. The second kappa shape index (κ2) is 11.4. The zero-order valence-corrected chi connectivity index (χ0v) is 21.0. The van der Waals surface area contributed by atoms with Crippen LogP contribution in [0.15, 0.2) is 48.5 Å². The number of hydrogen-bond acceptors (Lipinski definition) is 6. The fraction of sp³-hybridized carbons (Fsp3) is 0.320. The van der Waals surface area contributed by atoms with Crippen LogP contribution in [0.1, 0.15) is 30.4 Å². The Hall–Kier alpha value is -3.64. The van der Waals surface area contributed by atoms with E-state index < -0.39 is 31.2 Å². The van der Waals surface area contributed by atoms with Gasteiger partial charge >= 0.3 is 13.6 Å². The highest BCUT2D eigenvalue weighted by molar-refractivity contribution is 7.53. The highest BCUT2D eigenvalue weighted by Crippen LogP contribution is 2.51. The van der Waals surface area contributed by atoms with Crippen molar-refractivity contribution in [1.29, 1.82) is 0 Å². The summed E-state index contributed by atoms with van der Waals surface area (Å²) in [5.41, 5.74) is 5.76. The second-order valence-corrected chi connectivity index (χ2v) is 10.5. The first-order valence-corrected chi connectivity index (χ1v) is 13.0. The first-order valence-electron chi connectivity index (χ1n) is 11.2. The molecule has 10 nitrogen and oxygen atoms in total. The van der Waals surface area contributed by atoms with Crippen LogP contribution in [0.3, 0.4) is 0 Å². The number of amides is 4. The molecule has 1 fully saturated rings. The van der Waals surface area contributed by atoms with Crippen LogP contribution in [0, 0.1) is 12.3 Å². The molecule has 1 aliphatic heterocycles. The highest BCUT2D eigenvalue weighted by Gasteiger charge is 2.47. The fourth-order valence-corrected chi connectivity index (χ4v) is 5.40. The lowest BCUT2D eigenvalue weighted by atomic mass is 9.90. The van der Waals surface area contributed by atoms with Crippen molar-refractivity contribution in [3.8, 4) is 12.3 Å². The largest absolute Gasteiger partial charge is 0.367 e. The monoisotopic (exact) mass is 512 g/mol. The van der Waals surface area contributed by atoms with E-state index in [9.17, 15) is 18.9 Å². The first kappa shape index (κ1) is 27.0. The minimum atomic E-state index is -3.85. The van der Waals surface area contributed by atoms with Crippen molar-refractivity contribution in [2.75, 3.05) is 37.1 Å². The Bertz CT molecular complexity index is 1200. The third-order valence-electron chi connectivity index (χ3n) is 6.04. The van der Waals surface area contributed by atoms with Gasteiger partial charge in [0.25, 0.3) is 0 Å². The van der Waals surface area contributed by atoms with Crippen LogP contribution in [0.2, 0.25) is 0 Å². The predicted octanol–water partition coefficient (Wildman–Crippen LogP) is 3.17. The third-order valence-corrected chi connectivity index (χ3v) is 8.01. The molecular weight excluding hydrogens is 483 g/mol. The van der Waals surface area contributed by atoms with Crippen molar-refractivity contribution in [3.63, 3.8) is 0 Å². The van der Waals surface area contributed by atoms with Crippen LogP contribution in [0.25, 0.3) is 0 Å². The van der Waals surface area contributed by atoms with E-state index in [1.807, 2.05) is 0 Å². The number of nitrogens with zero attached hydrogens (tertiary/aromatic N) is 1. The van der Waals surface area contributed by atoms with E-state index in [-0.39, 0.29) is 11.5 Å². The summed E-state index contributed by atoms with van der Waals surface area (Å²) in [6.07, 6.45) is 6.98. The van der Waals surface area contributed by atoms with Gasteiger partial charge < -0.3 is 30.3 Å². The molecule has 1 heterocycles. The van der Waals surface area contributed by atoms with Gasteiger partial charge in [-0.3, -0.25) is 14.2 Å². The molecule has 1 atom stereocenters. The van der Waals surface area contributed by atoms with Gasteiger partial charge in [-0.2, -0.15) is 0 Å². The van der Waals surface area contributed by atoms with Crippen molar-refractivity contribution < 1.29 is 28.0 Å². The van der Waals surface area contributed by atoms with Crippen LogP contribution < -0.4 is 21.3 Å². The van der Waals surface area contributed by atoms with Crippen molar-refractivity contribution in [2.45, 2.75) is 24.8 Å². The van der Waals surface area contributed by atoms with Crippen LogP contribution in [0.4, 0.5) is 16.2 Å². The molecule has 0 saturated carbocycles. The van der Waals surface area contributed by atoms with Gasteiger partial charge in [-0.15, -0.1) is 6.42 Å². The number of rotatable bonds is 9. The average molecular weight is 513 g/mol. The van der Waals surface area contributed by atoms with E-state index in [0.29, 0.717) is 29.9 Å². The topological polar surface area (TPSA) is 140 Å². The maximum absolute atomic E-state index is 13.1. The lowest BCUT2D eigenvalue weighted by molar-refractivity contribution is -0.123. The Labute approximate surface area is 210 Å². The molecule has 1 saturated heterocycles. The highest BCUT2D eigenvalue weighted by atomic mass is 31.2. The second-order valence-electron chi connectivity index (χ2n) is 8.25. The van der Waals surface area contributed by atoms with Gasteiger partial charge in [0.1, 0.15) is 0 Å². The van der Waals surface area contributed by atoms with Crippen molar-refractivity contribution >= 4 is 36.8 Å². The molecule has 0 bridgehead atoms. The van der Waals surface area contributed by atoms with Gasteiger partial charge in [0.15, 0.2) is 5.54 Å². The summed E-state index contributed by atoms with van der Waals surface area (Å²) >= 11 is 0.